The Morgan fingerprint density at radius 2 is 1.50 bits per heavy atom. The van der Waals surface area contributed by atoms with Crippen molar-refractivity contribution in [2.24, 2.45) is 0 Å². The molecule has 1 amide bonds. The summed E-state index contributed by atoms with van der Waals surface area (Å²) < 4.78 is 95.2. The summed E-state index contributed by atoms with van der Waals surface area (Å²) in [6.07, 6.45) is -8.79. The fourth-order valence-electron chi connectivity index (χ4n) is 3.49. The zero-order valence-electron chi connectivity index (χ0n) is 17.4. The Kier molecular flexibility index (Phi) is 6.20. The molecule has 0 atom stereocenters. The minimum atomic E-state index is -4.99. The third-order valence-electron chi connectivity index (χ3n) is 5.09. The van der Waals surface area contributed by atoms with Crippen LogP contribution in [0.3, 0.4) is 0 Å². The highest BCUT2D eigenvalue weighted by Gasteiger charge is 2.37. The summed E-state index contributed by atoms with van der Waals surface area (Å²) in [5, 5.41) is 0. The summed E-state index contributed by atoms with van der Waals surface area (Å²) in [7, 11) is 0. The number of hydrogen-bond acceptors (Lipinski definition) is 4. The van der Waals surface area contributed by atoms with Gasteiger partial charge in [0.15, 0.2) is 11.5 Å². The van der Waals surface area contributed by atoms with Gasteiger partial charge in [0.25, 0.3) is 0 Å². The number of ether oxygens (including phenoxy) is 2. The smallest absolute Gasteiger partial charge is 0.416 e. The molecule has 1 aliphatic heterocycles. The van der Waals surface area contributed by atoms with Crippen molar-refractivity contribution in [2.45, 2.75) is 31.9 Å². The lowest BCUT2D eigenvalue weighted by Gasteiger charge is -2.23. The third-order valence-corrected chi connectivity index (χ3v) is 5.09. The van der Waals surface area contributed by atoms with Gasteiger partial charge in [0.05, 0.1) is 30.4 Å². The van der Waals surface area contributed by atoms with Gasteiger partial charge < -0.3 is 18.8 Å². The quantitative estimate of drug-likeness (QED) is 0.413. The molecule has 0 unspecified atom stereocenters. The van der Waals surface area contributed by atoms with Gasteiger partial charge >= 0.3 is 12.4 Å². The van der Waals surface area contributed by atoms with Crippen molar-refractivity contribution in [3.8, 4) is 11.5 Å². The van der Waals surface area contributed by atoms with Crippen LogP contribution in [0.15, 0.2) is 59.2 Å². The van der Waals surface area contributed by atoms with Crippen molar-refractivity contribution in [3.63, 3.8) is 0 Å². The van der Waals surface area contributed by atoms with Gasteiger partial charge in [-0.25, -0.2) is 0 Å². The van der Waals surface area contributed by atoms with Gasteiger partial charge in [-0.15, -0.1) is 0 Å². The molecule has 0 fully saturated rings. The van der Waals surface area contributed by atoms with Crippen LogP contribution < -0.4 is 9.47 Å². The molecule has 0 radical (unpaired) electrons. The Morgan fingerprint density at radius 3 is 2.12 bits per heavy atom. The van der Waals surface area contributed by atoms with E-state index in [4.69, 9.17) is 13.9 Å². The molecule has 11 heteroatoms. The second kappa shape index (κ2) is 8.96. The molecule has 2 heterocycles. The number of halogens is 6. The van der Waals surface area contributed by atoms with E-state index in [2.05, 4.69) is 0 Å². The zero-order valence-corrected chi connectivity index (χ0v) is 17.4. The van der Waals surface area contributed by atoms with Crippen LogP contribution in [0.2, 0.25) is 0 Å². The number of carbonyl (C=O) groups excluding carboxylic acids is 1. The summed E-state index contributed by atoms with van der Waals surface area (Å²) in [5.74, 6) is 0.742. The molecule has 180 valence electrons. The Bertz CT molecular complexity index is 1140. The van der Waals surface area contributed by atoms with E-state index in [1.54, 1.807) is 30.3 Å². The second-order valence-corrected chi connectivity index (χ2v) is 7.61. The normalized spacial score (nSPS) is 13.2. The van der Waals surface area contributed by atoms with E-state index < -0.39 is 35.9 Å². The molecular weight excluding hydrogens is 468 g/mol. The number of carbonyl (C=O) groups is 1. The Hall–Kier alpha value is -3.63. The molecule has 1 aliphatic rings. The molecule has 0 spiro atoms. The van der Waals surface area contributed by atoms with Crippen molar-refractivity contribution < 1.29 is 45.0 Å². The van der Waals surface area contributed by atoms with Crippen molar-refractivity contribution in [2.75, 3.05) is 6.79 Å². The maximum atomic E-state index is 13.2. The van der Waals surface area contributed by atoms with E-state index in [0.29, 0.717) is 35.0 Å². The lowest BCUT2D eigenvalue weighted by atomic mass is 10.0. The van der Waals surface area contributed by atoms with Gasteiger partial charge in [0.1, 0.15) is 5.76 Å². The SMILES string of the molecule is O=C(Cc1ccc2c(c1)OCO2)N(Cc1cc(C(F)(F)F)cc(C(F)(F)F)c1)Cc1ccco1. The maximum absolute atomic E-state index is 13.2. The van der Waals surface area contributed by atoms with E-state index in [0.717, 1.165) is 4.90 Å². The van der Waals surface area contributed by atoms with E-state index in [1.165, 1.54) is 6.26 Å². The van der Waals surface area contributed by atoms with Crippen molar-refractivity contribution in [1.82, 2.24) is 4.90 Å². The lowest BCUT2D eigenvalue weighted by molar-refractivity contribution is -0.143. The fourth-order valence-corrected chi connectivity index (χ4v) is 3.49. The molecule has 0 bridgehead atoms. The summed E-state index contributed by atoms with van der Waals surface area (Å²) in [5.41, 5.74) is -2.66. The van der Waals surface area contributed by atoms with Crippen LogP contribution in [0.5, 0.6) is 11.5 Å². The molecule has 5 nitrogen and oxygen atoms in total. The van der Waals surface area contributed by atoms with Crippen LogP contribution in [0.1, 0.15) is 28.0 Å². The van der Waals surface area contributed by atoms with Crippen molar-refractivity contribution in [3.05, 3.63) is 82.8 Å². The molecule has 0 N–H and O–H groups in total. The van der Waals surface area contributed by atoms with E-state index in [9.17, 15) is 31.1 Å². The molecule has 3 aromatic rings. The first-order chi connectivity index (χ1) is 16.0. The average Bonchev–Trinajstić information content (AvgIpc) is 3.43. The molecular formula is C23H17F6NO4. The number of furan rings is 1. The number of hydrogen-bond donors (Lipinski definition) is 0. The van der Waals surface area contributed by atoms with Crippen LogP contribution >= 0.6 is 0 Å². The topological polar surface area (TPSA) is 51.9 Å². The molecule has 0 saturated carbocycles. The minimum absolute atomic E-state index is 0.0361. The van der Waals surface area contributed by atoms with Crippen LogP contribution in [0.25, 0.3) is 0 Å². The first kappa shape index (κ1) is 23.5. The highest BCUT2D eigenvalue weighted by atomic mass is 19.4. The highest BCUT2D eigenvalue weighted by Crippen LogP contribution is 2.37. The Morgan fingerprint density at radius 1 is 0.824 bits per heavy atom. The van der Waals surface area contributed by atoms with E-state index >= 15 is 0 Å². The number of benzene rings is 2. The number of rotatable bonds is 6. The fraction of sp³-hybridized carbons (Fsp3) is 0.261. The average molecular weight is 485 g/mol. The van der Waals surface area contributed by atoms with E-state index in [-0.39, 0.29) is 31.4 Å². The standard InChI is InChI=1S/C23H17F6NO4/c24-22(25,26)16-6-15(7-17(10-16)23(27,28)29)11-30(12-18-2-1-5-32-18)21(31)9-14-3-4-19-20(8-14)34-13-33-19/h1-8,10H,9,11-13H2. The highest BCUT2D eigenvalue weighted by molar-refractivity contribution is 5.79. The van der Waals surface area contributed by atoms with Crippen LogP contribution in [-0.4, -0.2) is 17.6 Å². The molecule has 1 aromatic heterocycles. The number of fused-ring (bicyclic) bond motifs is 1. The Balaban J connectivity index is 1.63. The van der Waals surface area contributed by atoms with Crippen LogP contribution in [0, 0.1) is 0 Å². The first-order valence-electron chi connectivity index (χ1n) is 9.96. The maximum Gasteiger partial charge on any atom is 0.416 e. The molecule has 0 saturated heterocycles. The predicted octanol–water partition coefficient (Wildman–Crippen LogP) is 5.82. The third kappa shape index (κ3) is 5.46. The molecule has 0 aliphatic carbocycles. The summed E-state index contributed by atoms with van der Waals surface area (Å²) in [6.45, 7) is -0.598. The van der Waals surface area contributed by atoms with Crippen molar-refractivity contribution >= 4 is 5.91 Å². The van der Waals surface area contributed by atoms with Gasteiger partial charge in [0, 0.05) is 6.54 Å². The minimum Gasteiger partial charge on any atom is -0.467 e. The van der Waals surface area contributed by atoms with Crippen molar-refractivity contribution in [1.29, 1.82) is 0 Å². The van der Waals surface area contributed by atoms with Gasteiger partial charge in [0.2, 0.25) is 12.7 Å². The Labute approximate surface area is 189 Å². The van der Waals surface area contributed by atoms with Gasteiger partial charge in [-0.05, 0) is 53.6 Å². The number of amides is 1. The molecule has 34 heavy (non-hydrogen) atoms. The zero-order chi connectivity index (χ0) is 24.5. The monoisotopic (exact) mass is 485 g/mol. The lowest BCUT2D eigenvalue weighted by Crippen LogP contribution is -2.31. The summed E-state index contributed by atoms with van der Waals surface area (Å²) in [6, 6.07) is 9.21. The van der Waals surface area contributed by atoms with Gasteiger partial charge in [-0.2, -0.15) is 26.3 Å². The predicted molar refractivity (Wildman–Crippen MR) is 106 cm³/mol. The largest absolute Gasteiger partial charge is 0.467 e. The first-order valence-corrected chi connectivity index (χ1v) is 9.96. The summed E-state index contributed by atoms with van der Waals surface area (Å²) >= 11 is 0. The van der Waals surface area contributed by atoms with Crippen LogP contribution in [-0.2, 0) is 36.7 Å². The van der Waals surface area contributed by atoms with Crippen LogP contribution in [0.4, 0.5) is 26.3 Å². The summed E-state index contributed by atoms with van der Waals surface area (Å²) in [4.78, 5) is 14.2. The van der Waals surface area contributed by atoms with Gasteiger partial charge in [-0.1, -0.05) is 6.07 Å². The number of nitrogens with zero attached hydrogens (tertiary/aromatic N) is 1. The molecule has 4 rings (SSSR count). The molecule has 2 aromatic carbocycles. The van der Waals surface area contributed by atoms with E-state index in [1.807, 2.05) is 0 Å². The number of alkyl halides is 6. The van der Waals surface area contributed by atoms with Gasteiger partial charge in [-0.3, -0.25) is 4.79 Å². The second-order valence-electron chi connectivity index (χ2n) is 7.61.